The van der Waals surface area contributed by atoms with Gasteiger partial charge in [0, 0.05) is 24.3 Å². The van der Waals surface area contributed by atoms with Crippen LogP contribution < -0.4 is 10.2 Å². The van der Waals surface area contributed by atoms with Crippen molar-refractivity contribution in [1.29, 1.82) is 0 Å². The zero-order chi connectivity index (χ0) is 16.4. The van der Waals surface area contributed by atoms with Gasteiger partial charge in [-0.15, -0.1) is 0 Å². The number of anilines is 2. The van der Waals surface area contributed by atoms with Gasteiger partial charge in [0.2, 0.25) is 11.8 Å². The van der Waals surface area contributed by atoms with Gasteiger partial charge in [-0.1, -0.05) is 17.7 Å². The lowest BCUT2D eigenvalue weighted by atomic mass is 10.1. The third kappa shape index (κ3) is 3.34. The summed E-state index contributed by atoms with van der Waals surface area (Å²) in [6.07, 6.45) is 0.206. The number of hydrogen-bond donors (Lipinski definition) is 2. The van der Waals surface area contributed by atoms with Gasteiger partial charge in [0.15, 0.2) is 0 Å². The Balaban J connectivity index is 1.68. The second-order valence-electron chi connectivity index (χ2n) is 5.78. The average molecular weight is 310 g/mol. The highest BCUT2D eigenvalue weighted by atomic mass is 16.3. The molecule has 5 heteroatoms. The summed E-state index contributed by atoms with van der Waals surface area (Å²) in [6.45, 7) is 2.37. The number of nitrogens with one attached hydrogen (secondary N) is 1. The fourth-order valence-electron chi connectivity index (χ4n) is 2.65. The Bertz CT molecular complexity index is 723. The molecule has 1 saturated heterocycles. The second-order valence-corrected chi connectivity index (χ2v) is 5.78. The lowest BCUT2D eigenvalue weighted by Gasteiger charge is -2.17. The number of phenols is 1. The maximum absolute atomic E-state index is 12.3. The fraction of sp³-hybridized carbons (Fsp3) is 0.222. The molecule has 2 aromatic rings. The first-order chi connectivity index (χ1) is 11.0. The standard InChI is InChI=1S/C18H18N2O3/c1-12-2-6-15(7-3-12)20-11-13(10-17(20)22)18(23)19-14-4-8-16(21)9-5-14/h2-9,13,21H,10-11H2,1H3,(H,19,23). The van der Waals surface area contributed by atoms with E-state index in [1.165, 1.54) is 12.1 Å². The summed E-state index contributed by atoms with van der Waals surface area (Å²) >= 11 is 0. The first-order valence-corrected chi connectivity index (χ1v) is 7.50. The number of nitrogens with zero attached hydrogens (tertiary/aromatic N) is 1. The van der Waals surface area contributed by atoms with Crippen LogP contribution in [-0.2, 0) is 9.59 Å². The van der Waals surface area contributed by atoms with Crippen LogP contribution in [0.25, 0.3) is 0 Å². The Morgan fingerprint density at radius 2 is 1.78 bits per heavy atom. The average Bonchev–Trinajstić information content (AvgIpc) is 2.92. The van der Waals surface area contributed by atoms with E-state index in [0.29, 0.717) is 12.2 Å². The van der Waals surface area contributed by atoms with Gasteiger partial charge in [-0.05, 0) is 43.3 Å². The smallest absolute Gasteiger partial charge is 0.229 e. The van der Waals surface area contributed by atoms with Gasteiger partial charge in [0.1, 0.15) is 5.75 Å². The third-order valence-corrected chi connectivity index (χ3v) is 3.98. The van der Waals surface area contributed by atoms with E-state index in [9.17, 15) is 14.7 Å². The van der Waals surface area contributed by atoms with E-state index in [-0.39, 0.29) is 29.9 Å². The van der Waals surface area contributed by atoms with Crippen molar-refractivity contribution >= 4 is 23.2 Å². The molecular formula is C18H18N2O3. The quantitative estimate of drug-likeness (QED) is 0.856. The molecule has 0 radical (unpaired) electrons. The molecule has 118 valence electrons. The SMILES string of the molecule is Cc1ccc(N2CC(C(=O)Nc3ccc(O)cc3)CC2=O)cc1. The summed E-state index contributed by atoms with van der Waals surface area (Å²) in [5, 5.41) is 12.0. The van der Waals surface area contributed by atoms with Crippen molar-refractivity contribution in [3.8, 4) is 5.75 Å². The summed E-state index contributed by atoms with van der Waals surface area (Å²) in [5.74, 6) is -0.458. The number of hydrogen-bond acceptors (Lipinski definition) is 3. The number of aromatic hydroxyl groups is 1. The molecular weight excluding hydrogens is 292 g/mol. The first kappa shape index (κ1) is 15.1. The Labute approximate surface area is 134 Å². The molecule has 2 amide bonds. The van der Waals surface area contributed by atoms with Crippen LogP contribution in [0.4, 0.5) is 11.4 Å². The minimum absolute atomic E-state index is 0.0419. The van der Waals surface area contributed by atoms with Crippen LogP contribution in [0.2, 0.25) is 0 Å². The molecule has 5 nitrogen and oxygen atoms in total. The number of carbonyl (C=O) groups excluding carboxylic acids is 2. The normalized spacial score (nSPS) is 17.3. The number of carbonyl (C=O) groups is 2. The molecule has 0 aliphatic carbocycles. The minimum Gasteiger partial charge on any atom is -0.508 e. The number of amides is 2. The van der Waals surface area contributed by atoms with Crippen LogP contribution in [0.15, 0.2) is 48.5 Å². The van der Waals surface area contributed by atoms with Gasteiger partial charge in [-0.25, -0.2) is 0 Å². The van der Waals surface area contributed by atoms with E-state index < -0.39 is 0 Å². The van der Waals surface area contributed by atoms with Crippen LogP contribution in [0.3, 0.4) is 0 Å². The van der Waals surface area contributed by atoms with E-state index >= 15 is 0 Å². The molecule has 0 saturated carbocycles. The Kier molecular flexibility index (Phi) is 4.02. The summed E-state index contributed by atoms with van der Waals surface area (Å²) in [6, 6.07) is 14.0. The topological polar surface area (TPSA) is 69.6 Å². The van der Waals surface area contributed by atoms with Crippen molar-refractivity contribution in [1.82, 2.24) is 0 Å². The van der Waals surface area contributed by atoms with E-state index in [1.807, 2.05) is 31.2 Å². The van der Waals surface area contributed by atoms with Crippen molar-refractivity contribution in [2.45, 2.75) is 13.3 Å². The molecule has 2 N–H and O–H groups in total. The van der Waals surface area contributed by atoms with E-state index in [4.69, 9.17) is 0 Å². The number of aryl methyl sites for hydroxylation is 1. The zero-order valence-electron chi connectivity index (χ0n) is 12.8. The van der Waals surface area contributed by atoms with Gasteiger partial charge >= 0.3 is 0 Å². The van der Waals surface area contributed by atoms with Gasteiger partial charge in [0.25, 0.3) is 0 Å². The Hall–Kier alpha value is -2.82. The lowest BCUT2D eigenvalue weighted by Crippen LogP contribution is -2.28. The second kappa shape index (κ2) is 6.12. The molecule has 0 spiro atoms. The molecule has 1 heterocycles. The van der Waals surface area contributed by atoms with Crippen LogP contribution in [0.1, 0.15) is 12.0 Å². The molecule has 1 atom stereocenters. The fourth-order valence-corrected chi connectivity index (χ4v) is 2.65. The van der Waals surface area contributed by atoms with Crippen molar-refractivity contribution < 1.29 is 14.7 Å². The molecule has 3 rings (SSSR count). The maximum Gasteiger partial charge on any atom is 0.229 e. The molecule has 2 aromatic carbocycles. The summed E-state index contributed by atoms with van der Waals surface area (Å²) < 4.78 is 0. The summed E-state index contributed by atoms with van der Waals surface area (Å²) in [5.41, 5.74) is 2.55. The molecule has 23 heavy (non-hydrogen) atoms. The molecule has 1 aliphatic rings. The van der Waals surface area contributed by atoms with Gasteiger partial charge in [-0.2, -0.15) is 0 Å². The highest BCUT2D eigenvalue weighted by Gasteiger charge is 2.35. The van der Waals surface area contributed by atoms with Crippen LogP contribution in [0, 0.1) is 12.8 Å². The van der Waals surface area contributed by atoms with Gasteiger partial charge in [0.05, 0.1) is 5.92 Å². The summed E-state index contributed by atoms with van der Waals surface area (Å²) in [7, 11) is 0. The maximum atomic E-state index is 12.3. The molecule has 1 aliphatic heterocycles. The predicted molar refractivity (Wildman–Crippen MR) is 88.4 cm³/mol. The van der Waals surface area contributed by atoms with Crippen molar-refractivity contribution in [2.24, 2.45) is 5.92 Å². The van der Waals surface area contributed by atoms with Crippen LogP contribution in [-0.4, -0.2) is 23.5 Å². The predicted octanol–water partition coefficient (Wildman–Crippen LogP) is 2.69. The number of rotatable bonds is 3. The first-order valence-electron chi connectivity index (χ1n) is 7.50. The molecule has 0 bridgehead atoms. The van der Waals surface area contributed by atoms with Crippen molar-refractivity contribution in [3.05, 3.63) is 54.1 Å². The highest BCUT2D eigenvalue weighted by Crippen LogP contribution is 2.26. The largest absolute Gasteiger partial charge is 0.508 e. The van der Waals surface area contributed by atoms with E-state index in [0.717, 1.165) is 11.3 Å². The molecule has 1 unspecified atom stereocenters. The Morgan fingerprint density at radius 1 is 1.13 bits per heavy atom. The van der Waals surface area contributed by atoms with Crippen molar-refractivity contribution in [2.75, 3.05) is 16.8 Å². The van der Waals surface area contributed by atoms with E-state index in [1.54, 1.807) is 17.0 Å². The summed E-state index contributed by atoms with van der Waals surface area (Å²) in [4.78, 5) is 26.2. The zero-order valence-corrected chi connectivity index (χ0v) is 12.8. The van der Waals surface area contributed by atoms with Crippen molar-refractivity contribution in [3.63, 3.8) is 0 Å². The van der Waals surface area contributed by atoms with E-state index in [2.05, 4.69) is 5.32 Å². The Morgan fingerprint density at radius 3 is 2.43 bits per heavy atom. The molecule has 0 aromatic heterocycles. The monoisotopic (exact) mass is 310 g/mol. The highest BCUT2D eigenvalue weighted by molar-refractivity contribution is 6.03. The lowest BCUT2D eigenvalue weighted by molar-refractivity contribution is -0.122. The van der Waals surface area contributed by atoms with Crippen LogP contribution in [0.5, 0.6) is 5.75 Å². The van der Waals surface area contributed by atoms with Gasteiger partial charge < -0.3 is 15.3 Å². The number of phenolic OH excluding ortho intramolecular Hbond substituents is 1. The minimum atomic E-state index is -0.377. The third-order valence-electron chi connectivity index (χ3n) is 3.98. The molecule has 1 fully saturated rings. The van der Waals surface area contributed by atoms with Gasteiger partial charge in [-0.3, -0.25) is 9.59 Å². The number of benzene rings is 2. The van der Waals surface area contributed by atoms with Crippen LogP contribution >= 0.6 is 0 Å².